The summed E-state index contributed by atoms with van der Waals surface area (Å²) in [6.45, 7) is 7.87. The van der Waals surface area contributed by atoms with Crippen molar-refractivity contribution in [2.24, 2.45) is 5.41 Å². The number of carbonyl (C=O) groups is 1. The van der Waals surface area contributed by atoms with Crippen molar-refractivity contribution in [2.45, 2.75) is 39.5 Å². The average Bonchev–Trinajstić information content (AvgIpc) is 2.77. The molecule has 0 spiro atoms. The van der Waals surface area contributed by atoms with Crippen LogP contribution < -0.4 is 10.6 Å². The molecule has 4 nitrogen and oxygen atoms in total. The summed E-state index contributed by atoms with van der Waals surface area (Å²) in [6, 6.07) is 0. The smallest absolute Gasteiger partial charge is 0.231 e. The lowest BCUT2D eigenvalue weighted by Crippen LogP contribution is -2.27. The minimum Gasteiger partial charge on any atom is -0.317 e. The van der Waals surface area contributed by atoms with Crippen LogP contribution in [-0.4, -0.2) is 24.0 Å². The first-order valence-corrected chi connectivity index (χ1v) is 7.26. The van der Waals surface area contributed by atoms with Gasteiger partial charge in [0.2, 0.25) is 5.91 Å². The van der Waals surface area contributed by atoms with Gasteiger partial charge in [-0.2, -0.15) is 0 Å². The maximum absolute atomic E-state index is 11.9. The Morgan fingerprint density at radius 2 is 2.11 bits per heavy atom. The molecule has 1 aliphatic rings. The second-order valence-corrected chi connectivity index (χ2v) is 6.86. The molecule has 0 bridgehead atoms. The number of nitrogens with zero attached hydrogens (tertiary/aromatic N) is 1. The molecule has 5 heteroatoms. The van der Waals surface area contributed by atoms with Crippen LogP contribution in [0.4, 0.5) is 5.13 Å². The van der Waals surface area contributed by atoms with E-state index < -0.39 is 0 Å². The average molecular weight is 267 g/mol. The number of thiazole rings is 1. The van der Waals surface area contributed by atoms with Gasteiger partial charge < -0.3 is 10.6 Å². The number of amides is 1. The van der Waals surface area contributed by atoms with Crippen molar-refractivity contribution in [1.82, 2.24) is 10.3 Å². The van der Waals surface area contributed by atoms with Crippen molar-refractivity contribution in [2.75, 3.05) is 18.4 Å². The van der Waals surface area contributed by atoms with Gasteiger partial charge in [0.05, 0.1) is 0 Å². The zero-order valence-electron chi connectivity index (χ0n) is 11.2. The van der Waals surface area contributed by atoms with Gasteiger partial charge in [-0.15, -0.1) is 11.3 Å². The molecule has 1 aromatic heterocycles. The Morgan fingerprint density at radius 3 is 2.72 bits per heavy atom. The van der Waals surface area contributed by atoms with Crippen LogP contribution in [0.5, 0.6) is 0 Å². The van der Waals surface area contributed by atoms with Crippen LogP contribution in [0.15, 0.2) is 6.20 Å². The fourth-order valence-corrected chi connectivity index (χ4v) is 2.90. The van der Waals surface area contributed by atoms with Crippen molar-refractivity contribution < 1.29 is 4.79 Å². The summed E-state index contributed by atoms with van der Waals surface area (Å²) in [5.41, 5.74) is -0.374. The Kier molecular flexibility index (Phi) is 4.02. The third kappa shape index (κ3) is 3.29. The molecule has 1 aliphatic heterocycles. The summed E-state index contributed by atoms with van der Waals surface area (Å²) in [6.07, 6.45) is 4.24. The number of aromatic nitrogens is 1. The summed E-state index contributed by atoms with van der Waals surface area (Å²) in [5.74, 6) is 0.623. The molecular formula is C13H21N3OS. The highest BCUT2D eigenvalue weighted by Crippen LogP contribution is 2.32. The molecule has 0 aromatic carbocycles. The van der Waals surface area contributed by atoms with Crippen molar-refractivity contribution in [3.05, 3.63) is 11.1 Å². The Hall–Kier alpha value is -0.940. The van der Waals surface area contributed by atoms with Crippen LogP contribution >= 0.6 is 11.3 Å². The number of carbonyl (C=O) groups excluding carboxylic acids is 1. The van der Waals surface area contributed by atoms with E-state index in [1.54, 1.807) is 11.3 Å². The fraction of sp³-hybridized carbons (Fsp3) is 0.692. The monoisotopic (exact) mass is 267 g/mol. The van der Waals surface area contributed by atoms with Crippen molar-refractivity contribution in [3.8, 4) is 0 Å². The van der Waals surface area contributed by atoms with Gasteiger partial charge in [0.15, 0.2) is 5.13 Å². The molecule has 100 valence electrons. The van der Waals surface area contributed by atoms with Crippen molar-refractivity contribution >= 4 is 22.4 Å². The minimum atomic E-state index is -0.374. The number of anilines is 1. The van der Waals surface area contributed by atoms with E-state index in [2.05, 4.69) is 15.6 Å². The van der Waals surface area contributed by atoms with Crippen LogP contribution in [0, 0.1) is 5.41 Å². The second-order valence-electron chi connectivity index (χ2n) is 5.80. The SMILES string of the molecule is CC(C)(C)C(=O)Nc1ncc(C2CCNCC2)s1. The van der Waals surface area contributed by atoms with Crippen molar-refractivity contribution in [3.63, 3.8) is 0 Å². The van der Waals surface area contributed by atoms with Gasteiger partial charge >= 0.3 is 0 Å². The minimum absolute atomic E-state index is 0.0220. The number of hydrogen-bond acceptors (Lipinski definition) is 4. The number of piperidine rings is 1. The third-order valence-corrected chi connectivity index (χ3v) is 4.24. The lowest BCUT2D eigenvalue weighted by Gasteiger charge is -2.20. The molecule has 1 saturated heterocycles. The maximum Gasteiger partial charge on any atom is 0.231 e. The standard InChI is InChI=1S/C13H21N3OS/c1-13(2,3)11(17)16-12-15-8-10(18-12)9-4-6-14-7-5-9/h8-9,14H,4-7H2,1-3H3,(H,15,16,17). The zero-order chi connectivity index (χ0) is 13.2. The lowest BCUT2D eigenvalue weighted by molar-refractivity contribution is -0.123. The number of hydrogen-bond donors (Lipinski definition) is 2. The molecule has 0 aliphatic carbocycles. The van der Waals surface area contributed by atoms with Crippen LogP contribution in [0.1, 0.15) is 44.4 Å². The van der Waals surface area contributed by atoms with E-state index in [-0.39, 0.29) is 11.3 Å². The van der Waals surface area contributed by atoms with E-state index in [1.807, 2.05) is 27.0 Å². The molecule has 0 radical (unpaired) electrons. The van der Waals surface area contributed by atoms with Gasteiger partial charge in [-0.3, -0.25) is 4.79 Å². The van der Waals surface area contributed by atoms with Gasteiger partial charge in [-0.05, 0) is 31.8 Å². The summed E-state index contributed by atoms with van der Waals surface area (Å²) >= 11 is 1.61. The largest absolute Gasteiger partial charge is 0.317 e. The first-order chi connectivity index (χ1) is 8.47. The number of nitrogens with one attached hydrogen (secondary N) is 2. The predicted molar refractivity (Wildman–Crippen MR) is 75.0 cm³/mol. The molecule has 0 atom stereocenters. The molecule has 1 amide bonds. The summed E-state index contributed by atoms with van der Waals surface area (Å²) in [4.78, 5) is 17.5. The first kappa shape index (κ1) is 13.5. The van der Waals surface area contributed by atoms with Gasteiger partial charge in [0.25, 0.3) is 0 Å². The van der Waals surface area contributed by atoms with E-state index in [4.69, 9.17) is 0 Å². The molecule has 18 heavy (non-hydrogen) atoms. The van der Waals surface area contributed by atoms with Gasteiger partial charge in [-0.1, -0.05) is 20.8 Å². The highest BCUT2D eigenvalue weighted by molar-refractivity contribution is 7.15. The second kappa shape index (κ2) is 5.36. The van der Waals surface area contributed by atoms with E-state index in [1.165, 1.54) is 4.88 Å². The summed E-state index contributed by atoms with van der Waals surface area (Å²) in [7, 11) is 0. The van der Waals surface area contributed by atoms with Crippen molar-refractivity contribution in [1.29, 1.82) is 0 Å². The Balaban J connectivity index is 1.99. The predicted octanol–water partition coefficient (Wildman–Crippen LogP) is 2.59. The summed E-state index contributed by atoms with van der Waals surface area (Å²) in [5, 5.41) is 6.98. The molecule has 2 N–H and O–H groups in total. The van der Waals surface area contributed by atoms with Crippen LogP contribution in [0.2, 0.25) is 0 Å². The van der Waals surface area contributed by atoms with E-state index in [9.17, 15) is 4.79 Å². The maximum atomic E-state index is 11.9. The third-order valence-electron chi connectivity index (χ3n) is 3.17. The molecule has 1 aromatic rings. The topological polar surface area (TPSA) is 54.0 Å². The van der Waals surface area contributed by atoms with E-state index in [0.717, 1.165) is 31.1 Å². The number of rotatable bonds is 2. The summed E-state index contributed by atoms with van der Waals surface area (Å²) < 4.78 is 0. The van der Waals surface area contributed by atoms with Gasteiger partial charge in [0.1, 0.15) is 0 Å². The Morgan fingerprint density at radius 1 is 1.44 bits per heavy atom. The van der Waals surface area contributed by atoms with E-state index >= 15 is 0 Å². The lowest BCUT2D eigenvalue weighted by atomic mass is 9.96. The quantitative estimate of drug-likeness (QED) is 0.866. The first-order valence-electron chi connectivity index (χ1n) is 6.45. The van der Waals surface area contributed by atoms with Gasteiger partial charge in [0, 0.05) is 16.5 Å². The van der Waals surface area contributed by atoms with Crippen LogP contribution in [-0.2, 0) is 4.79 Å². The Labute approximate surface area is 112 Å². The Bertz CT molecular complexity index is 416. The fourth-order valence-electron chi connectivity index (χ4n) is 1.92. The van der Waals surface area contributed by atoms with Crippen LogP contribution in [0.25, 0.3) is 0 Å². The zero-order valence-corrected chi connectivity index (χ0v) is 12.1. The molecule has 1 fully saturated rings. The van der Waals surface area contributed by atoms with Gasteiger partial charge in [-0.25, -0.2) is 4.98 Å². The van der Waals surface area contributed by atoms with Crippen LogP contribution in [0.3, 0.4) is 0 Å². The highest BCUT2D eigenvalue weighted by atomic mass is 32.1. The normalized spacial score (nSPS) is 17.7. The van der Waals surface area contributed by atoms with E-state index in [0.29, 0.717) is 5.92 Å². The highest BCUT2D eigenvalue weighted by Gasteiger charge is 2.23. The molecular weight excluding hydrogens is 246 g/mol. The molecule has 0 unspecified atom stereocenters. The molecule has 0 saturated carbocycles. The molecule has 2 heterocycles. The molecule has 2 rings (SSSR count).